The summed E-state index contributed by atoms with van der Waals surface area (Å²) in [4.78, 5) is -0.0411. The largest absolute Gasteiger partial charge is 0.261 e. The molecule has 1 aromatic rings. The van der Waals surface area contributed by atoms with Crippen LogP contribution in [0, 0.1) is 0 Å². The number of alkyl halides is 1. The summed E-state index contributed by atoms with van der Waals surface area (Å²) in [6.45, 7) is 0. The molecule has 1 saturated carbocycles. The lowest BCUT2D eigenvalue weighted by atomic mass is 10.1. The van der Waals surface area contributed by atoms with E-state index in [1.807, 2.05) is 0 Å². The summed E-state index contributed by atoms with van der Waals surface area (Å²) in [5.74, 6) is 0. The van der Waals surface area contributed by atoms with Crippen molar-refractivity contribution in [2.45, 2.75) is 23.4 Å². The van der Waals surface area contributed by atoms with Crippen LogP contribution in [-0.2, 0) is 14.7 Å². The Kier molecular flexibility index (Phi) is 2.08. The molecule has 14 heavy (non-hydrogen) atoms. The summed E-state index contributed by atoms with van der Waals surface area (Å²) in [5, 5.41) is 0. The van der Waals surface area contributed by atoms with Crippen molar-refractivity contribution < 1.29 is 12.8 Å². The molecule has 76 valence electrons. The lowest BCUT2D eigenvalue weighted by molar-refractivity contribution is 0.317. The predicted molar refractivity (Wildman–Crippen MR) is 51.5 cm³/mol. The van der Waals surface area contributed by atoms with Crippen LogP contribution in [0.2, 0.25) is 0 Å². The molecule has 0 aromatic heterocycles. The molecule has 5 heteroatoms. The summed E-state index contributed by atoms with van der Waals surface area (Å²) in [5.41, 5.74) is -0.920. The van der Waals surface area contributed by atoms with Crippen LogP contribution in [0.5, 0.6) is 0 Å². The van der Waals surface area contributed by atoms with Crippen molar-refractivity contribution in [2.75, 3.05) is 0 Å². The fraction of sp³-hybridized carbons (Fsp3) is 0.333. The second-order valence-corrected chi connectivity index (χ2v) is 6.00. The van der Waals surface area contributed by atoms with Gasteiger partial charge in [-0.15, -0.1) is 0 Å². The Labute approximate surface area is 86.1 Å². The summed E-state index contributed by atoms with van der Waals surface area (Å²) in [6.07, 6.45) is 0.914. The maximum atomic E-state index is 13.6. The lowest BCUT2D eigenvalue weighted by Crippen LogP contribution is -1.99. The maximum absolute atomic E-state index is 13.6. The van der Waals surface area contributed by atoms with E-state index in [1.54, 1.807) is 6.07 Å². The topological polar surface area (TPSA) is 34.1 Å². The van der Waals surface area contributed by atoms with E-state index in [4.69, 9.17) is 10.7 Å². The summed E-state index contributed by atoms with van der Waals surface area (Å²) in [7, 11) is 1.40. The average molecular weight is 235 g/mol. The van der Waals surface area contributed by atoms with Gasteiger partial charge in [-0.3, -0.25) is 0 Å². The van der Waals surface area contributed by atoms with Gasteiger partial charge in [0, 0.05) is 10.7 Å². The summed E-state index contributed by atoms with van der Waals surface area (Å²) >= 11 is 0. The van der Waals surface area contributed by atoms with E-state index in [-0.39, 0.29) is 4.90 Å². The van der Waals surface area contributed by atoms with Crippen molar-refractivity contribution in [3.8, 4) is 0 Å². The first-order chi connectivity index (χ1) is 6.42. The number of hydrogen-bond acceptors (Lipinski definition) is 2. The van der Waals surface area contributed by atoms with Crippen molar-refractivity contribution in [2.24, 2.45) is 0 Å². The van der Waals surface area contributed by atoms with Crippen LogP contribution < -0.4 is 0 Å². The molecule has 1 fully saturated rings. The van der Waals surface area contributed by atoms with Gasteiger partial charge in [0.1, 0.15) is 5.67 Å². The normalized spacial score (nSPS) is 19.3. The Bertz CT molecular complexity index is 465. The van der Waals surface area contributed by atoms with Gasteiger partial charge < -0.3 is 0 Å². The van der Waals surface area contributed by atoms with E-state index in [2.05, 4.69) is 0 Å². The fourth-order valence-electron chi connectivity index (χ4n) is 1.32. The molecule has 2 nitrogen and oxygen atoms in total. The van der Waals surface area contributed by atoms with Gasteiger partial charge in [-0.1, -0.05) is 12.1 Å². The predicted octanol–water partition coefficient (Wildman–Crippen LogP) is 2.57. The van der Waals surface area contributed by atoms with Crippen molar-refractivity contribution in [1.29, 1.82) is 0 Å². The van der Waals surface area contributed by atoms with Gasteiger partial charge in [0.25, 0.3) is 9.05 Å². The minimum absolute atomic E-state index is 0.0411. The highest BCUT2D eigenvalue weighted by atomic mass is 35.7. The number of rotatable bonds is 2. The number of halogens is 2. The molecule has 1 aliphatic rings. The molecule has 0 spiro atoms. The van der Waals surface area contributed by atoms with E-state index < -0.39 is 14.7 Å². The quantitative estimate of drug-likeness (QED) is 0.737. The Morgan fingerprint density at radius 1 is 1.36 bits per heavy atom. The van der Waals surface area contributed by atoms with Crippen molar-refractivity contribution >= 4 is 19.7 Å². The van der Waals surface area contributed by atoms with E-state index in [0.29, 0.717) is 18.4 Å². The van der Waals surface area contributed by atoms with Gasteiger partial charge in [0.05, 0.1) is 4.90 Å². The molecule has 0 bridgehead atoms. The van der Waals surface area contributed by atoms with Crippen LogP contribution in [0.25, 0.3) is 0 Å². The monoisotopic (exact) mass is 234 g/mol. The molecule has 0 N–H and O–H groups in total. The van der Waals surface area contributed by atoms with Gasteiger partial charge in [-0.05, 0) is 30.5 Å². The molecular weight excluding hydrogens is 227 g/mol. The Hall–Kier alpha value is -0.610. The number of hydrogen-bond donors (Lipinski definition) is 0. The van der Waals surface area contributed by atoms with Crippen LogP contribution in [0.15, 0.2) is 29.2 Å². The van der Waals surface area contributed by atoms with Gasteiger partial charge >= 0.3 is 0 Å². The molecule has 0 heterocycles. The van der Waals surface area contributed by atoms with Crippen molar-refractivity contribution in [3.63, 3.8) is 0 Å². The van der Waals surface area contributed by atoms with Crippen LogP contribution in [-0.4, -0.2) is 8.42 Å². The van der Waals surface area contributed by atoms with Crippen LogP contribution in [0.1, 0.15) is 18.4 Å². The van der Waals surface area contributed by atoms with E-state index in [0.717, 1.165) is 0 Å². The Morgan fingerprint density at radius 3 is 2.50 bits per heavy atom. The highest BCUT2D eigenvalue weighted by Crippen LogP contribution is 2.49. The lowest BCUT2D eigenvalue weighted by Gasteiger charge is -2.05. The van der Waals surface area contributed by atoms with Crippen LogP contribution >= 0.6 is 10.7 Å². The van der Waals surface area contributed by atoms with Gasteiger partial charge in [-0.25, -0.2) is 12.8 Å². The van der Waals surface area contributed by atoms with Crippen molar-refractivity contribution in [3.05, 3.63) is 29.8 Å². The molecule has 0 aliphatic heterocycles. The third-order valence-electron chi connectivity index (χ3n) is 2.32. The average Bonchev–Trinajstić information content (AvgIpc) is 2.84. The molecule has 1 aliphatic carbocycles. The molecule has 0 amide bonds. The standard InChI is InChI=1S/C9H8ClFO2S/c10-14(12,13)8-3-1-2-7(6-8)9(11)4-5-9/h1-3,6H,4-5H2. The van der Waals surface area contributed by atoms with Crippen LogP contribution in [0.4, 0.5) is 4.39 Å². The van der Waals surface area contributed by atoms with E-state index >= 15 is 0 Å². The zero-order valence-electron chi connectivity index (χ0n) is 7.20. The zero-order chi connectivity index (χ0) is 10.4. The molecule has 2 rings (SSSR count). The summed E-state index contributed by atoms with van der Waals surface area (Å²) < 4.78 is 35.5. The second-order valence-electron chi connectivity index (χ2n) is 3.43. The van der Waals surface area contributed by atoms with Gasteiger partial charge in [0.2, 0.25) is 0 Å². The highest BCUT2D eigenvalue weighted by Gasteiger charge is 2.45. The SMILES string of the molecule is O=S(=O)(Cl)c1cccc(C2(F)CC2)c1. The molecule has 0 saturated heterocycles. The van der Waals surface area contributed by atoms with E-state index in [1.165, 1.54) is 18.2 Å². The minimum Gasteiger partial charge on any atom is -0.239 e. The molecule has 0 atom stereocenters. The first-order valence-electron chi connectivity index (χ1n) is 4.16. The Morgan fingerprint density at radius 2 is 2.00 bits per heavy atom. The molecule has 0 radical (unpaired) electrons. The van der Waals surface area contributed by atoms with E-state index in [9.17, 15) is 12.8 Å². The number of benzene rings is 1. The first-order valence-corrected chi connectivity index (χ1v) is 6.47. The molecular formula is C9H8ClFO2S. The molecule has 1 aromatic carbocycles. The highest BCUT2D eigenvalue weighted by molar-refractivity contribution is 8.13. The fourth-order valence-corrected chi connectivity index (χ4v) is 2.12. The zero-order valence-corrected chi connectivity index (χ0v) is 8.78. The van der Waals surface area contributed by atoms with Gasteiger partial charge in [0.15, 0.2) is 0 Å². The third-order valence-corrected chi connectivity index (χ3v) is 3.67. The third kappa shape index (κ3) is 1.77. The van der Waals surface area contributed by atoms with Crippen molar-refractivity contribution in [1.82, 2.24) is 0 Å². The summed E-state index contributed by atoms with van der Waals surface area (Å²) in [6, 6.07) is 5.75. The smallest absolute Gasteiger partial charge is 0.239 e. The maximum Gasteiger partial charge on any atom is 0.261 e. The second kappa shape index (κ2) is 2.94. The molecule has 0 unspecified atom stereocenters. The minimum atomic E-state index is -3.75. The van der Waals surface area contributed by atoms with Gasteiger partial charge in [-0.2, -0.15) is 0 Å². The first kappa shape index (κ1) is 9.93. The van der Waals surface area contributed by atoms with Crippen LogP contribution in [0.3, 0.4) is 0 Å². The Balaban J connectivity index is 2.47.